The molecule has 6 heteroatoms. The van der Waals surface area contributed by atoms with Crippen molar-refractivity contribution < 1.29 is 9.53 Å². The van der Waals surface area contributed by atoms with E-state index in [0.29, 0.717) is 13.0 Å². The second-order valence-electron chi connectivity index (χ2n) is 4.29. The topological polar surface area (TPSA) is 38.3 Å². The van der Waals surface area contributed by atoms with Crippen molar-refractivity contribution in [2.45, 2.75) is 32.6 Å². The molecule has 0 radical (unpaired) electrons. The maximum absolute atomic E-state index is 11.2. The fourth-order valence-corrected chi connectivity index (χ4v) is 4.27. The van der Waals surface area contributed by atoms with Crippen LogP contribution in [0.2, 0.25) is 0 Å². The first-order valence-electron chi connectivity index (χ1n) is 6.58. The maximum atomic E-state index is 11.2. The quantitative estimate of drug-likeness (QED) is 0.401. The number of anilines is 1. The number of hydrogen-bond acceptors (Lipinski definition) is 3. The van der Waals surface area contributed by atoms with Gasteiger partial charge in [-0.25, -0.2) is 0 Å². The lowest BCUT2D eigenvalue weighted by Crippen LogP contribution is -2.05. The monoisotopic (exact) mass is 469 g/mol. The van der Waals surface area contributed by atoms with Crippen LogP contribution in [0.1, 0.15) is 32.6 Å². The Labute approximate surface area is 145 Å². The molecule has 1 rings (SSSR count). The second kappa shape index (κ2) is 9.79. The minimum Gasteiger partial charge on any atom is -0.466 e. The molecule has 0 atom stereocenters. The van der Waals surface area contributed by atoms with Gasteiger partial charge in [-0.3, -0.25) is 4.79 Å². The van der Waals surface area contributed by atoms with Gasteiger partial charge in [0.05, 0.1) is 12.3 Å². The number of rotatable bonds is 8. The van der Waals surface area contributed by atoms with E-state index in [0.717, 1.165) is 44.9 Å². The summed E-state index contributed by atoms with van der Waals surface area (Å²) in [7, 11) is 0. The van der Waals surface area contributed by atoms with Crippen LogP contribution in [0.3, 0.4) is 0 Å². The predicted octanol–water partition coefficient (Wildman–Crippen LogP) is 5.51. The molecule has 1 aromatic carbocycles. The van der Waals surface area contributed by atoms with Crippen LogP contribution in [0, 0.1) is 0 Å². The van der Waals surface area contributed by atoms with Crippen molar-refractivity contribution >= 4 is 59.4 Å². The lowest BCUT2D eigenvalue weighted by Gasteiger charge is -2.11. The number of unbranched alkanes of at least 4 members (excludes halogenated alkanes) is 2. The van der Waals surface area contributed by atoms with E-state index in [-0.39, 0.29) is 5.97 Å². The minimum absolute atomic E-state index is 0.0983. The summed E-state index contributed by atoms with van der Waals surface area (Å²) in [6, 6.07) is 4.02. The van der Waals surface area contributed by atoms with E-state index in [1.54, 1.807) is 0 Å². The number of hydrogen-bond donors (Lipinski definition) is 1. The number of benzene rings is 1. The fraction of sp³-hybridized carbons (Fsp3) is 0.500. The molecule has 0 bridgehead atoms. The highest BCUT2D eigenvalue weighted by Gasteiger charge is 2.06. The van der Waals surface area contributed by atoms with Crippen molar-refractivity contribution in [2.75, 3.05) is 18.5 Å². The molecule has 20 heavy (non-hydrogen) atoms. The SMILES string of the molecule is CCOC(=O)CCCCCNc1c(Br)cc(Br)cc1Br. The third kappa shape index (κ3) is 6.59. The van der Waals surface area contributed by atoms with Crippen LogP contribution in [0.5, 0.6) is 0 Å². The number of halogens is 3. The molecule has 0 aliphatic heterocycles. The Morgan fingerprint density at radius 3 is 2.40 bits per heavy atom. The number of carbonyl (C=O) groups excluding carboxylic acids is 1. The molecule has 3 nitrogen and oxygen atoms in total. The number of carbonyl (C=O) groups is 1. The average Bonchev–Trinajstić information content (AvgIpc) is 2.36. The number of esters is 1. The van der Waals surface area contributed by atoms with Crippen LogP contribution in [-0.2, 0) is 9.53 Å². The van der Waals surface area contributed by atoms with Crippen LogP contribution in [-0.4, -0.2) is 19.1 Å². The smallest absolute Gasteiger partial charge is 0.305 e. The van der Waals surface area contributed by atoms with E-state index in [2.05, 4.69) is 53.1 Å². The van der Waals surface area contributed by atoms with E-state index in [4.69, 9.17) is 4.74 Å². The van der Waals surface area contributed by atoms with Crippen LogP contribution in [0.15, 0.2) is 25.6 Å². The van der Waals surface area contributed by atoms with Gasteiger partial charge in [0.15, 0.2) is 0 Å². The van der Waals surface area contributed by atoms with Crippen LogP contribution < -0.4 is 5.32 Å². The Bertz CT molecular complexity index is 429. The van der Waals surface area contributed by atoms with Gasteiger partial charge in [-0.05, 0) is 63.8 Å². The minimum atomic E-state index is -0.0983. The summed E-state index contributed by atoms with van der Waals surface area (Å²) in [6.07, 6.45) is 3.43. The summed E-state index contributed by atoms with van der Waals surface area (Å²) >= 11 is 10.5. The first-order valence-corrected chi connectivity index (χ1v) is 8.96. The van der Waals surface area contributed by atoms with Crippen molar-refractivity contribution in [2.24, 2.45) is 0 Å². The second-order valence-corrected chi connectivity index (χ2v) is 6.91. The Morgan fingerprint density at radius 2 is 1.80 bits per heavy atom. The molecule has 0 unspecified atom stereocenters. The zero-order valence-electron chi connectivity index (χ0n) is 11.3. The number of ether oxygens (including phenoxy) is 1. The normalized spacial score (nSPS) is 10.4. The summed E-state index contributed by atoms with van der Waals surface area (Å²) in [5.74, 6) is -0.0983. The molecule has 1 aromatic rings. The molecule has 0 saturated carbocycles. The van der Waals surface area contributed by atoms with E-state index in [9.17, 15) is 4.79 Å². The highest BCUT2D eigenvalue weighted by Crippen LogP contribution is 2.34. The van der Waals surface area contributed by atoms with E-state index in [1.807, 2.05) is 19.1 Å². The number of nitrogens with one attached hydrogen (secondary N) is 1. The Kier molecular flexibility index (Phi) is 8.80. The molecule has 1 N–H and O–H groups in total. The van der Waals surface area contributed by atoms with E-state index in [1.165, 1.54) is 0 Å². The molecule has 0 spiro atoms. The molecule has 0 aliphatic carbocycles. The third-order valence-corrected chi connectivity index (χ3v) is 4.38. The van der Waals surface area contributed by atoms with Crippen molar-refractivity contribution in [1.82, 2.24) is 0 Å². The molecule has 0 aliphatic rings. The standard InChI is InChI=1S/C14H18Br3NO2/c1-2-20-13(19)6-4-3-5-7-18-14-11(16)8-10(15)9-12(14)17/h8-9,18H,2-7H2,1H3. The zero-order chi connectivity index (χ0) is 15.0. The van der Waals surface area contributed by atoms with Crippen molar-refractivity contribution in [3.8, 4) is 0 Å². The lowest BCUT2D eigenvalue weighted by atomic mass is 10.2. The van der Waals surface area contributed by atoms with Gasteiger partial charge < -0.3 is 10.1 Å². The van der Waals surface area contributed by atoms with Crippen molar-refractivity contribution in [3.05, 3.63) is 25.6 Å². The van der Waals surface area contributed by atoms with Gasteiger partial charge in [-0.15, -0.1) is 0 Å². The van der Waals surface area contributed by atoms with Crippen LogP contribution >= 0.6 is 47.8 Å². The van der Waals surface area contributed by atoms with Gasteiger partial charge in [0.25, 0.3) is 0 Å². The highest BCUT2D eigenvalue weighted by atomic mass is 79.9. The molecule has 0 saturated heterocycles. The molecular formula is C14H18Br3NO2. The summed E-state index contributed by atoms with van der Waals surface area (Å²) in [6.45, 7) is 3.17. The summed E-state index contributed by atoms with van der Waals surface area (Å²) in [5.41, 5.74) is 1.05. The summed E-state index contributed by atoms with van der Waals surface area (Å²) in [5, 5.41) is 3.39. The molecular weight excluding hydrogens is 454 g/mol. The van der Waals surface area contributed by atoms with E-state index >= 15 is 0 Å². The molecule has 0 fully saturated rings. The van der Waals surface area contributed by atoms with Gasteiger partial charge in [0.2, 0.25) is 0 Å². The zero-order valence-corrected chi connectivity index (χ0v) is 16.1. The maximum Gasteiger partial charge on any atom is 0.305 e. The predicted molar refractivity (Wildman–Crippen MR) is 93.1 cm³/mol. The Hall–Kier alpha value is -0.0700. The van der Waals surface area contributed by atoms with Gasteiger partial charge in [0, 0.05) is 26.4 Å². The van der Waals surface area contributed by atoms with E-state index < -0.39 is 0 Å². The Morgan fingerprint density at radius 1 is 1.15 bits per heavy atom. The third-order valence-electron chi connectivity index (χ3n) is 2.67. The van der Waals surface area contributed by atoms with Crippen molar-refractivity contribution in [1.29, 1.82) is 0 Å². The Balaban J connectivity index is 2.23. The first-order chi connectivity index (χ1) is 9.54. The molecule has 0 aromatic heterocycles. The average molecular weight is 472 g/mol. The molecule has 0 heterocycles. The molecule has 0 amide bonds. The summed E-state index contributed by atoms with van der Waals surface area (Å²) in [4.78, 5) is 11.2. The highest BCUT2D eigenvalue weighted by molar-refractivity contribution is 9.11. The first kappa shape index (κ1) is 18.0. The fourth-order valence-electron chi connectivity index (χ4n) is 1.73. The van der Waals surface area contributed by atoms with Crippen LogP contribution in [0.25, 0.3) is 0 Å². The molecule has 112 valence electrons. The van der Waals surface area contributed by atoms with Gasteiger partial charge >= 0.3 is 5.97 Å². The van der Waals surface area contributed by atoms with Crippen molar-refractivity contribution in [3.63, 3.8) is 0 Å². The van der Waals surface area contributed by atoms with Gasteiger partial charge in [-0.1, -0.05) is 22.4 Å². The van der Waals surface area contributed by atoms with Gasteiger partial charge in [-0.2, -0.15) is 0 Å². The summed E-state index contributed by atoms with van der Waals surface area (Å²) < 4.78 is 7.95. The van der Waals surface area contributed by atoms with Gasteiger partial charge in [0.1, 0.15) is 0 Å². The van der Waals surface area contributed by atoms with Crippen LogP contribution in [0.4, 0.5) is 5.69 Å². The largest absolute Gasteiger partial charge is 0.466 e. The lowest BCUT2D eigenvalue weighted by molar-refractivity contribution is -0.143.